The monoisotopic (exact) mass is 275 g/mol. The van der Waals surface area contributed by atoms with E-state index in [0.717, 1.165) is 10.9 Å². The van der Waals surface area contributed by atoms with Crippen molar-refractivity contribution in [3.63, 3.8) is 0 Å². The van der Waals surface area contributed by atoms with Gasteiger partial charge >= 0.3 is 0 Å². The molecule has 0 saturated carbocycles. The first-order chi connectivity index (χ1) is 9.72. The number of ether oxygens (including phenoxy) is 1. The van der Waals surface area contributed by atoms with E-state index in [9.17, 15) is 9.59 Å². The largest absolute Gasteiger partial charge is 0.383 e. The minimum absolute atomic E-state index is 0.0559. The van der Waals surface area contributed by atoms with Gasteiger partial charge in [-0.15, -0.1) is 0 Å². The standard InChI is InChI=1S/C14H17N3O3/c1-20-8-7-15-12(18)9-17-14(19)11-4-2-3-10-5-6-16-13(10)11/h2-6,16H,7-9H2,1H3,(H,15,18)(H,17,19). The van der Waals surface area contributed by atoms with Crippen molar-refractivity contribution in [3.8, 4) is 0 Å². The molecule has 0 bridgehead atoms. The van der Waals surface area contributed by atoms with E-state index < -0.39 is 0 Å². The molecule has 0 aliphatic heterocycles. The molecule has 106 valence electrons. The molecule has 2 rings (SSSR count). The minimum Gasteiger partial charge on any atom is -0.383 e. The van der Waals surface area contributed by atoms with Gasteiger partial charge in [0, 0.05) is 25.2 Å². The molecule has 0 radical (unpaired) electrons. The number of carbonyl (C=O) groups excluding carboxylic acids is 2. The van der Waals surface area contributed by atoms with E-state index in [2.05, 4.69) is 15.6 Å². The van der Waals surface area contributed by atoms with Crippen LogP contribution in [0, 0.1) is 0 Å². The van der Waals surface area contributed by atoms with Crippen LogP contribution in [0.3, 0.4) is 0 Å². The molecule has 0 fully saturated rings. The quantitative estimate of drug-likeness (QED) is 0.677. The fourth-order valence-corrected chi connectivity index (χ4v) is 1.88. The van der Waals surface area contributed by atoms with E-state index in [0.29, 0.717) is 18.7 Å². The third kappa shape index (κ3) is 3.36. The Morgan fingerprint density at radius 1 is 1.25 bits per heavy atom. The number of aromatic amines is 1. The summed E-state index contributed by atoms with van der Waals surface area (Å²) in [7, 11) is 1.56. The zero-order chi connectivity index (χ0) is 14.4. The molecular formula is C14H17N3O3. The first kappa shape index (κ1) is 14.1. The summed E-state index contributed by atoms with van der Waals surface area (Å²) < 4.78 is 4.82. The number of amides is 2. The van der Waals surface area contributed by atoms with E-state index in [-0.39, 0.29) is 18.4 Å². The van der Waals surface area contributed by atoms with Gasteiger partial charge in [-0.2, -0.15) is 0 Å². The van der Waals surface area contributed by atoms with Gasteiger partial charge in [-0.25, -0.2) is 0 Å². The second-order valence-electron chi connectivity index (χ2n) is 4.27. The molecule has 1 aromatic carbocycles. The van der Waals surface area contributed by atoms with Crippen molar-refractivity contribution in [1.82, 2.24) is 15.6 Å². The molecule has 3 N–H and O–H groups in total. The van der Waals surface area contributed by atoms with Gasteiger partial charge in [0.1, 0.15) is 0 Å². The van der Waals surface area contributed by atoms with E-state index in [1.165, 1.54) is 0 Å². The van der Waals surface area contributed by atoms with Crippen LogP contribution in [0.5, 0.6) is 0 Å². The van der Waals surface area contributed by atoms with Crippen LogP contribution in [0.1, 0.15) is 10.4 Å². The highest BCUT2D eigenvalue weighted by atomic mass is 16.5. The minimum atomic E-state index is -0.278. The summed E-state index contributed by atoms with van der Waals surface area (Å²) in [5, 5.41) is 6.19. The third-order valence-corrected chi connectivity index (χ3v) is 2.87. The van der Waals surface area contributed by atoms with Crippen LogP contribution in [0.4, 0.5) is 0 Å². The van der Waals surface area contributed by atoms with Crippen LogP contribution in [-0.4, -0.2) is 43.6 Å². The summed E-state index contributed by atoms with van der Waals surface area (Å²) in [6.45, 7) is 0.818. The van der Waals surface area contributed by atoms with Gasteiger partial charge in [-0.1, -0.05) is 12.1 Å². The Kier molecular flexibility index (Phi) is 4.73. The van der Waals surface area contributed by atoms with Crippen molar-refractivity contribution in [2.45, 2.75) is 0 Å². The fraction of sp³-hybridized carbons (Fsp3) is 0.286. The predicted molar refractivity (Wildman–Crippen MR) is 75.5 cm³/mol. The normalized spacial score (nSPS) is 10.4. The molecule has 0 unspecified atom stereocenters. The number of aromatic nitrogens is 1. The maximum Gasteiger partial charge on any atom is 0.253 e. The van der Waals surface area contributed by atoms with Crippen LogP contribution < -0.4 is 10.6 Å². The van der Waals surface area contributed by atoms with Crippen LogP contribution in [-0.2, 0) is 9.53 Å². The Labute approximate surface area is 116 Å². The molecule has 0 spiro atoms. The number of hydrogen-bond donors (Lipinski definition) is 3. The summed E-state index contributed by atoms with van der Waals surface area (Å²) >= 11 is 0. The van der Waals surface area contributed by atoms with Crippen molar-refractivity contribution in [2.75, 3.05) is 26.8 Å². The first-order valence-electron chi connectivity index (χ1n) is 6.32. The van der Waals surface area contributed by atoms with Gasteiger partial charge in [-0.05, 0) is 12.1 Å². The smallest absolute Gasteiger partial charge is 0.253 e. The lowest BCUT2D eigenvalue weighted by atomic mass is 10.1. The fourth-order valence-electron chi connectivity index (χ4n) is 1.88. The molecule has 2 aromatic rings. The van der Waals surface area contributed by atoms with Gasteiger partial charge < -0.3 is 20.4 Å². The molecule has 2 amide bonds. The van der Waals surface area contributed by atoms with E-state index in [4.69, 9.17) is 4.74 Å². The van der Waals surface area contributed by atoms with Gasteiger partial charge in [0.15, 0.2) is 0 Å². The highest BCUT2D eigenvalue weighted by molar-refractivity contribution is 6.06. The van der Waals surface area contributed by atoms with Crippen molar-refractivity contribution in [3.05, 3.63) is 36.0 Å². The Hall–Kier alpha value is -2.34. The highest BCUT2D eigenvalue weighted by Crippen LogP contribution is 2.16. The van der Waals surface area contributed by atoms with Crippen molar-refractivity contribution in [2.24, 2.45) is 0 Å². The van der Waals surface area contributed by atoms with Crippen LogP contribution in [0.25, 0.3) is 10.9 Å². The van der Waals surface area contributed by atoms with E-state index >= 15 is 0 Å². The Morgan fingerprint density at radius 2 is 2.10 bits per heavy atom. The molecule has 20 heavy (non-hydrogen) atoms. The molecule has 0 aliphatic carbocycles. The average Bonchev–Trinajstić information content (AvgIpc) is 2.93. The van der Waals surface area contributed by atoms with Crippen molar-refractivity contribution in [1.29, 1.82) is 0 Å². The second kappa shape index (κ2) is 6.72. The highest BCUT2D eigenvalue weighted by Gasteiger charge is 2.11. The van der Waals surface area contributed by atoms with Crippen LogP contribution >= 0.6 is 0 Å². The Bertz CT molecular complexity index is 606. The maximum absolute atomic E-state index is 12.1. The lowest BCUT2D eigenvalue weighted by Gasteiger charge is -2.07. The molecule has 6 nitrogen and oxygen atoms in total. The second-order valence-corrected chi connectivity index (χ2v) is 4.27. The van der Waals surface area contributed by atoms with Crippen molar-refractivity contribution >= 4 is 22.7 Å². The van der Waals surface area contributed by atoms with Gasteiger partial charge in [0.05, 0.1) is 24.2 Å². The number of hydrogen-bond acceptors (Lipinski definition) is 3. The average molecular weight is 275 g/mol. The van der Waals surface area contributed by atoms with Gasteiger partial charge in [0.2, 0.25) is 5.91 Å². The number of methoxy groups -OCH3 is 1. The van der Waals surface area contributed by atoms with Gasteiger partial charge in [-0.3, -0.25) is 9.59 Å². The van der Waals surface area contributed by atoms with E-state index in [1.807, 2.05) is 18.2 Å². The summed E-state index contributed by atoms with van der Waals surface area (Å²) in [4.78, 5) is 26.6. The maximum atomic E-state index is 12.1. The zero-order valence-corrected chi connectivity index (χ0v) is 11.2. The van der Waals surface area contributed by atoms with Crippen molar-refractivity contribution < 1.29 is 14.3 Å². The van der Waals surface area contributed by atoms with E-state index in [1.54, 1.807) is 19.4 Å². The molecule has 0 atom stereocenters. The number of fused-ring (bicyclic) bond motifs is 1. The molecule has 0 saturated heterocycles. The van der Waals surface area contributed by atoms with Crippen LogP contribution in [0.2, 0.25) is 0 Å². The number of carbonyl (C=O) groups is 2. The van der Waals surface area contributed by atoms with Gasteiger partial charge in [0.25, 0.3) is 5.91 Å². The summed E-state index contributed by atoms with van der Waals surface area (Å²) in [5.41, 5.74) is 1.29. The number of nitrogens with one attached hydrogen (secondary N) is 3. The summed E-state index contributed by atoms with van der Waals surface area (Å²) in [6, 6.07) is 7.34. The molecule has 1 aromatic heterocycles. The number of rotatable bonds is 6. The Morgan fingerprint density at radius 3 is 2.90 bits per heavy atom. The predicted octanol–water partition coefficient (Wildman–Crippen LogP) is 0.660. The number of benzene rings is 1. The summed E-state index contributed by atoms with van der Waals surface area (Å²) in [5.74, 6) is -0.519. The lowest BCUT2D eigenvalue weighted by molar-refractivity contribution is -0.120. The first-order valence-corrected chi connectivity index (χ1v) is 6.32. The zero-order valence-electron chi connectivity index (χ0n) is 11.2. The Balaban J connectivity index is 1.92. The number of para-hydroxylation sites is 1. The van der Waals surface area contributed by atoms with Crippen LogP contribution in [0.15, 0.2) is 30.5 Å². The molecule has 6 heteroatoms. The topological polar surface area (TPSA) is 83.2 Å². The SMILES string of the molecule is COCCNC(=O)CNC(=O)c1cccc2cc[nH]c12. The molecule has 0 aliphatic rings. The summed E-state index contributed by atoms with van der Waals surface area (Å²) in [6.07, 6.45) is 1.78. The lowest BCUT2D eigenvalue weighted by Crippen LogP contribution is -2.38. The molecule has 1 heterocycles. The number of H-pyrrole nitrogens is 1. The third-order valence-electron chi connectivity index (χ3n) is 2.87. The molecular weight excluding hydrogens is 258 g/mol.